The molecular formula is C21H22ClN3O. The number of hydrogen-bond acceptors (Lipinski definition) is 4. The van der Waals surface area contributed by atoms with E-state index in [1.807, 2.05) is 24.4 Å². The molecule has 0 saturated carbocycles. The molecule has 0 bridgehead atoms. The molecule has 1 aliphatic carbocycles. The van der Waals surface area contributed by atoms with Crippen molar-refractivity contribution in [2.75, 3.05) is 18.6 Å². The van der Waals surface area contributed by atoms with E-state index in [-0.39, 0.29) is 0 Å². The summed E-state index contributed by atoms with van der Waals surface area (Å²) in [6, 6.07) is 10.1. The van der Waals surface area contributed by atoms with Crippen LogP contribution in [0.3, 0.4) is 0 Å². The number of ether oxygens (including phenoxy) is 1. The maximum atomic E-state index is 9.09. The third kappa shape index (κ3) is 3.68. The van der Waals surface area contributed by atoms with E-state index < -0.39 is 0 Å². The van der Waals surface area contributed by atoms with Gasteiger partial charge in [-0.1, -0.05) is 17.7 Å². The van der Waals surface area contributed by atoms with Gasteiger partial charge in [0.15, 0.2) is 0 Å². The Morgan fingerprint density at radius 3 is 2.92 bits per heavy atom. The van der Waals surface area contributed by atoms with Gasteiger partial charge in [-0.2, -0.15) is 5.26 Å². The summed E-state index contributed by atoms with van der Waals surface area (Å²) in [6.07, 6.45) is 8.93. The Balaban J connectivity index is 1.86. The molecule has 4 nitrogen and oxygen atoms in total. The van der Waals surface area contributed by atoms with Gasteiger partial charge in [-0.05, 0) is 56.0 Å². The Kier molecular flexibility index (Phi) is 5.80. The molecule has 0 saturated heterocycles. The average molecular weight is 368 g/mol. The first kappa shape index (κ1) is 18.3. The Hall–Kier alpha value is -2.51. The Labute approximate surface area is 159 Å². The summed E-state index contributed by atoms with van der Waals surface area (Å²) in [5.74, 6) is 0.858. The highest BCUT2D eigenvalue weighted by Gasteiger charge is 2.24. The second-order valence-electron chi connectivity index (χ2n) is 6.30. The smallest absolute Gasteiger partial charge is 0.129 e. The molecule has 1 aliphatic rings. The third-order valence-corrected chi connectivity index (χ3v) is 5.19. The molecule has 0 spiro atoms. The SMILES string of the molecule is CCN(c1ccc(C#N)c(Cl)c1)C1CCC=C(c2cnccc2OC)C1. The summed E-state index contributed by atoms with van der Waals surface area (Å²) in [6.45, 7) is 3.03. The van der Waals surface area contributed by atoms with Gasteiger partial charge in [0, 0.05) is 36.2 Å². The first-order chi connectivity index (χ1) is 12.7. The lowest BCUT2D eigenvalue weighted by Gasteiger charge is -2.36. The van der Waals surface area contributed by atoms with Gasteiger partial charge < -0.3 is 9.64 Å². The molecular weight excluding hydrogens is 346 g/mol. The molecule has 1 atom stereocenters. The molecule has 5 heteroatoms. The van der Waals surface area contributed by atoms with Crippen LogP contribution >= 0.6 is 11.6 Å². The van der Waals surface area contributed by atoms with Crippen molar-refractivity contribution in [3.8, 4) is 11.8 Å². The van der Waals surface area contributed by atoms with Crippen LogP contribution in [0.4, 0.5) is 5.69 Å². The molecule has 0 radical (unpaired) electrons. The van der Waals surface area contributed by atoms with Crippen molar-refractivity contribution in [1.82, 2.24) is 4.98 Å². The van der Waals surface area contributed by atoms with Gasteiger partial charge in [0.05, 0.1) is 17.7 Å². The number of nitrogens with zero attached hydrogens (tertiary/aromatic N) is 3. The summed E-state index contributed by atoms with van der Waals surface area (Å²) in [5.41, 5.74) is 3.90. The van der Waals surface area contributed by atoms with E-state index in [9.17, 15) is 0 Å². The fraction of sp³-hybridized carbons (Fsp3) is 0.333. The zero-order valence-electron chi connectivity index (χ0n) is 15.1. The average Bonchev–Trinajstić information content (AvgIpc) is 2.69. The van der Waals surface area contributed by atoms with Crippen molar-refractivity contribution >= 4 is 22.9 Å². The first-order valence-electron chi connectivity index (χ1n) is 8.81. The Bertz CT molecular complexity index is 857. The zero-order chi connectivity index (χ0) is 18.5. The van der Waals surface area contributed by atoms with Crippen LogP contribution in [0, 0.1) is 11.3 Å². The minimum atomic E-state index is 0.369. The lowest BCUT2D eigenvalue weighted by molar-refractivity contribution is 0.412. The number of hydrogen-bond donors (Lipinski definition) is 0. The van der Waals surface area contributed by atoms with Crippen molar-refractivity contribution in [3.05, 3.63) is 58.9 Å². The molecule has 1 heterocycles. The molecule has 3 rings (SSSR count). The standard InChI is InChI=1S/C21H22ClN3O/c1-3-25(18-8-7-16(13-23)20(22)12-18)17-6-4-5-15(11-17)19-14-24-10-9-21(19)26-2/h5,7-10,12,14,17H,3-4,6,11H2,1-2H3. The quantitative estimate of drug-likeness (QED) is 0.739. The predicted octanol–water partition coefficient (Wildman–Crippen LogP) is 5.08. The summed E-state index contributed by atoms with van der Waals surface area (Å²) in [5, 5.41) is 9.59. The highest BCUT2D eigenvalue weighted by atomic mass is 35.5. The van der Waals surface area contributed by atoms with Crippen LogP contribution in [0.2, 0.25) is 5.02 Å². The molecule has 0 amide bonds. The molecule has 26 heavy (non-hydrogen) atoms. The fourth-order valence-corrected chi connectivity index (χ4v) is 3.82. The van der Waals surface area contributed by atoms with E-state index in [4.69, 9.17) is 21.6 Å². The predicted molar refractivity (Wildman–Crippen MR) is 106 cm³/mol. The van der Waals surface area contributed by atoms with Crippen molar-refractivity contribution in [1.29, 1.82) is 5.26 Å². The third-order valence-electron chi connectivity index (χ3n) is 4.88. The number of nitriles is 1. The van der Waals surface area contributed by atoms with E-state index >= 15 is 0 Å². The highest BCUT2D eigenvalue weighted by Crippen LogP contribution is 2.36. The number of aromatic nitrogens is 1. The fourth-order valence-electron chi connectivity index (χ4n) is 3.60. The van der Waals surface area contributed by atoms with Gasteiger partial charge >= 0.3 is 0 Å². The van der Waals surface area contributed by atoms with Gasteiger partial charge in [0.1, 0.15) is 11.8 Å². The van der Waals surface area contributed by atoms with Gasteiger partial charge in [-0.25, -0.2) is 0 Å². The lowest BCUT2D eigenvalue weighted by Crippen LogP contribution is -2.36. The number of halogens is 1. The number of rotatable bonds is 5. The maximum Gasteiger partial charge on any atom is 0.129 e. The van der Waals surface area contributed by atoms with E-state index in [1.165, 1.54) is 5.57 Å². The number of anilines is 1. The van der Waals surface area contributed by atoms with Crippen LogP contribution < -0.4 is 9.64 Å². The number of benzene rings is 1. The highest BCUT2D eigenvalue weighted by molar-refractivity contribution is 6.32. The molecule has 0 aliphatic heterocycles. The topological polar surface area (TPSA) is 49.2 Å². The second-order valence-corrected chi connectivity index (χ2v) is 6.71. The van der Waals surface area contributed by atoms with Crippen LogP contribution in [-0.4, -0.2) is 24.7 Å². The maximum absolute atomic E-state index is 9.09. The van der Waals surface area contributed by atoms with Crippen molar-refractivity contribution < 1.29 is 4.74 Å². The van der Waals surface area contributed by atoms with Gasteiger partial charge in [0.2, 0.25) is 0 Å². The lowest BCUT2D eigenvalue weighted by atomic mass is 9.89. The molecule has 0 N–H and O–H groups in total. The van der Waals surface area contributed by atoms with Crippen LogP contribution in [0.5, 0.6) is 5.75 Å². The Morgan fingerprint density at radius 2 is 2.23 bits per heavy atom. The molecule has 1 aromatic heterocycles. The van der Waals surface area contributed by atoms with E-state index in [0.29, 0.717) is 16.6 Å². The van der Waals surface area contributed by atoms with Crippen molar-refractivity contribution in [2.45, 2.75) is 32.2 Å². The normalized spacial score (nSPS) is 16.5. The van der Waals surface area contributed by atoms with E-state index in [0.717, 1.165) is 42.8 Å². The zero-order valence-corrected chi connectivity index (χ0v) is 15.8. The largest absolute Gasteiger partial charge is 0.496 e. The monoisotopic (exact) mass is 367 g/mol. The van der Waals surface area contributed by atoms with Crippen molar-refractivity contribution in [2.24, 2.45) is 0 Å². The second kappa shape index (κ2) is 8.25. The van der Waals surface area contributed by atoms with Crippen LogP contribution in [-0.2, 0) is 0 Å². The van der Waals surface area contributed by atoms with E-state index in [1.54, 1.807) is 19.4 Å². The minimum absolute atomic E-state index is 0.369. The Morgan fingerprint density at radius 1 is 1.38 bits per heavy atom. The van der Waals surface area contributed by atoms with Crippen LogP contribution in [0.25, 0.3) is 5.57 Å². The summed E-state index contributed by atoms with van der Waals surface area (Å²) in [4.78, 5) is 6.63. The van der Waals surface area contributed by atoms with Crippen LogP contribution in [0.15, 0.2) is 42.7 Å². The molecule has 134 valence electrons. The minimum Gasteiger partial charge on any atom is -0.496 e. The van der Waals surface area contributed by atoms with Gasteiger partial charge in [0.25, 0.3) is 0 Å². The number of pyridine rings is 1. The summed E-state index contributed by atoms with van der Waals surface area (Å²) >= 11 is 6.25. The molecule has 1 aromatic carbocycles. The first-order valence-corrected chi connectivity index (χ1v) is 9.19. The van der Waals surface area contributed by atoms with Gasteiger partial charge in [-0.3, -0.25) is 4.98 Å². The molecule has 1 unspecified atom stereocenters. The molecule has 0 fully saturated rings. The summed E-state index contributed by atoms with van der Waals surface area (Å²) < 4.78 is 5.50. The van der Waals surface area contributed by atoms with Crippen molar-refractivity contribution in [3.63, 3.8) is 0 Å². The van der Waals surface area contributed by atoms with Crippen LogP contribution in [0.1, 0.15) is 37.3 Å². The van der Waals surface area contributed by atoms with Gasteiger partial charge in [-0.15, -0.1) is 0 Å². The number of allylic oxidation sites excluding steroid dienone is 1. The molecule has 2 aromatic rings. The summed E-state index contributed by atoms with van der Waals surface area (Å²) in [7, 11) is 1.69. The number of methoxy groups -OCH3 is 1. The van der Waals surface area contributed by atoms with E-state index in [2.05, 4.69) is 29.0 Å².